The Balaban J connectivity index is 1.97. The van der Waals surface area contributed by atoms with E-state index in [9.17, 15) is 0 Å². The van der Waals surface area contributed by atoms with Gasteiger partial charge in [0.2, 0.25) is 0 Å². The molecule has 24 heavy (non-hydrogen) atoms. The van der Waals surface area contributed by atoms with E-state index in [0.29, 0.717) is 5.56 Å². The zero-order valence-corrected chi connectivity index (χ0v) is 15.9. The number of halogens is 5. The summed E-state index contributed by atoms with van der Waals surface area (Å²) in [5.41, 5.74) is 3.57. The molecular formula is C19H10Cl5. The molecule has 0 aromatic heterocycles. The molecule has 0 atom stereocenters. The summed E-state index contributed by atoms with van der Waals surface area (Å²) in [6.07, 6.45) is 2.08. The van der Waals surface area contributed by atoms with Gasteiger partial charge in [0.05, 0.1) is 25.1 Å². The van der Waals surface area contributed by atoms with Crippen molar-refractivity contribution in [2.45, 2.75) is 0 Å². The second-order valence-electron chi connectivity index (χ2n) is 5.12. The first kappa shape index (κ1) is 17.9. The van der Waals surface area contributed by atoms with Crippen molar-refractivity contribution in [1.82, 2.24) is 0 Å². The molecule has 3 aromatic carbocycles. The Hall–Kier alpha value is -0.890. The zero-order chi connectivity index (χ0) is 17.3. The lowest BCUT2D eigenvalue weighted by molar-refractivity contribution is 1.43. The van der Waals surface area contributed by atoms with E-state index in [1.807, 2.05) is 54.6 Å². The van der Waals surface area contributed by atoms with Gasteiger partial charge in [-0.1, -0.05) is 113 Å². The van der Waals surface area contributed by atoms with Crippen LogP contribution in [0.3, 0.4) is 0 Å². The normalized spacial score (nSPS) is 10.9. The van der Waals surface area contributed by atoms with Crippen LogP contribution in [0.25, 0.3) is 11.1 Å². The highest BCUT2D eigenvalue weighted by molar-refractivity contribution is 6.56. The minimum Gasteiger partial charge on any atom is -0.0819 e. The van der Waals surface area contributed by atoms with Gasteiger partial charge in [0.1, 0.15) is 0 Å². The van der Waals surface area contributed by atoms with E-state index in [1.54, 1.807) is 0 Å². The van der Waals surface area contributed by atoms with Crippen molar-refractivity contribution < 1.29 is 0 Å². The summed E-state index contributed by atoms with van der Waals surface area (Å²) in [5.74, 6) is 0. The molecule has 3 rings (SSSR count). The molecule has 0 saturated carbocycles. The smallest absolute Gasteiger partial charge is 0.0809 e. The van der Waals surface area contributed by atoms with Crippen LogP contribution >= 0.6 is 58.0 Å². The van der Waals surface area contributed by atoms with E-state index in [0.717, 1.165) is 16.7 Å². The maximum atomic E-state index is 6.31. The average Bonchev–Trinajstić information content (AvgIpc) is 2.61. The van der Waals surface area contributed by atoms with Crippen LogP contribution in [0.2, 0.25) is 25.1 Å². The molecule has 0 aliphatic carbocycles. The second kappa shape index (κ2) is 7.56. The SMILES string of the molecule is Clc1c(Cl)c(Cl)c(-c2ccc([CH]c3ccccc3)cc2)c(Cl)c1Cl. The maximum absolute atomic E-state index is 6.31. The van der Waals surface area contributed by atoms with Gasteiger partial charge in [-0.3, -0.25) is 0 Å². The highest BCUT2D eigenvalue weighted by atomic mass is 35.5. The standard InChI is InChI=1S/C19H10Cl5/c20-15-14(16(21)18(23)19(24)17(15)22)13-8-6-12(7-9-13)10-11-4-2-1-3-5-11/h1-10H. The van der Waals surface area contributed by atoms with Gasteiger partial charge < -0.3 is 0 Å². The molecule has 121 valence electrons. The van der Waals surface area contributed by atoms with Crippen LogP contribution in [-0.2, 0) is 0 Å². The Morgan fingerprint density at radius 3 is 1.50 bits per heavy atom. The lowest BCUT2D eigenvalue weighted by Crippen LogP contribution is -1.89. The van der Waals surface area contributed by atoms with Crippen LogP contribution in [0.15, 0.2) is 54.6 Å². The highest BCUT2D eigenvalue weighted by Crippen LogP contribution is 2.48. The fraction of sp³-hybridized carbons (Fsp3) is 0. The number of benzene rings is 3. The van der Waals surface area contributed by atoms with Gasteiger partial charge in [-0.2, -0.15) is 0 Å². The van der Waals surface area contributed by atoms with E-state index >= 15 is 0 Å². The summed E-state index contributed by atoms with van der Waals surface area (Å²) in [7, 11) is 0. The molecule has 0 heterocycles. The largest absolute Gasteiger partial charge is 0.0819 e. The molecule has 0 saturated heterocycles. The molecule has 3 aromatic rings. The molecule has 0 bridgehead atoms. The fourth-order valence-electron chi connectivity index (χ4n) is 2.35. The van der Waals surface area contributed by atoms with Crippen LogP contribution in [0, 0.1) is 6.42 Å². The van der Waals surface area contributed by atoms with Crippen molar-refractivity contribution in [3.05, 3.63) is 97.3 Å². The van der Waals surface area contributed by atoms with Gasteiger partial charge in [-0.25, -0.2) is 0 Å². The Morgan fingerprint density at radius 1 is 0.500 bits per heavy atom. The lowest BCUT2D eigenvalue weighted by Gasteiger charge is -2.13. The zero-order valence-electron chi connectivity index (χ0n) is 12.2. The Bertz CT molecular complexity index is 842. The summed E-state index contributed by atoms with van der Waals surface area (Å²) in [5, 5.41) is 1.13. The first-order valence-electron chi connectivity index (χ1n) is 7.00. The molecular weight excluding hydrogens is 405 g/mol. The van der Waals surface area contributed by atoms with Crippen molar-refractivity contribution in [3.8, 4) is 11.1 Å². The highest BCUT2D eigenvalue weighted by Gasteiger charge is 2.20. The van der Waals surface area contributed by atoms with Crippen LogP contribution in [0.1, 0.15) is 11.1 Å². The molecule has 0 amide bonds. The maximum Gasteiger partial charge on any atom is 0.0809 e. The van der Waals surface area contributed by atoms with Crippen LogP contribution in [0.4, 0.5) is 0 Å². The molecule has 0 N–H and O–H groups in total. The Labute approximate surface area is 165 Å². The number of hydrogen-bond acceptors (Lipinski definition) is 0. The van der Waals surface area contributed by atoms with E-state index in [-0.39, 0.29) is 25.1 Å². The van der Waals surface area contributed by atoms with Gasteiger partial charge in [-0.15, -0.1) is 0 Å². The van der Waals surface area contributed by atoms with Gasteiger partial charge in [0.15, 0.2) is 0 Å². The van der Waals surface area contributed by atoms with Crippen molar-refractivity contribution in [2.24, 2.45) is 0 Å². The first-order chi connectivity index (χ1) is 11.5. The van der Waals surface area contributed by atoms with Gasteiger partial charge in [0, 0.05) is 12.0 Å². The third kappa shape index (κ3) is 3.54. The van der Waals surface area contributed by atoms with Crippen LogP contribution in [-0.4, -0.2) is 0 Å². The average molecular weight is 416 g/mol. The summed E-state index contributed by atoms with van der Waals surface area (Å²) in [6.45, 7) is 0. The summed E-state index contributed by atoms with van der Waals surface area (Å²) in [4.78, 5) is 0. The predicted octanol–water partition coefficient (Wildman–Crippen LogP) is 8.22. The minimum atomic E-state index is 0.158. The predicted molar refractivity (Wildman–Crippen MR) is 106 cm³/mol. The topological polar surface area (TPSA) is 0 Å². The van der Waals surface area contributed by atoms with Crippen molar-refractivity contribution in [2.75, 3.05) is 0 Å². The van der Waals surface area contributed by atoms with E-state index < -0.39 is 0 Å². The van der Waals surface area contributed by atoms with Crippen LogP contribution < -0.4 is 0 Å². The number of hydrogen-bond donors (Lipinski definition) is 0. The summed E-state index contributed by atoms with van der Waals surface area (Å²) >= 11 is 30.9. The van der Waals surface area contributed by atoms with Gasteiger partial charge >= 0.3 is 0 Å². The number of rotatable bonds is 3. The molecule has 0 aliphatic rings. The fourth-order valence-corrected chi connectivity index (χ4v) is 3.70. The minimum absolute atomic E-state index is 0.158. The summed E-state index contributed by atoms with van der Waals surface area (Å²) in [6, 6.07) is 17.9. The molecule has 0 aliphatic heterocycles. The quantitative estimate of drug-likeness (QED) is 0.298. The molecule has 1 radical (unpaired) electrons. The third-order valence-electron chi connectivity index (χ3n) is 3.54. The van der Waals surface area contributed by atoms with Gasteiger partial charge in [-0.05, 0) is 16.7 Å². The monoisotopic (exact) mass is 413 g/mol. The van der Waals surface area contributed by atoms with E-state index in [4.69, 9.17) is 58.0 Å². The molecule has 0 unspecified atom stereocenters. The van der Waals surface area contributed by atoms with Crippen molar-refractivity contribution >= 4 is 58.0 Å². The first-order valence-corrected chi connectivity index (χ1v) is 8.89. The van der Waals surface area contributed by atoms with E-state index in [2.05, 4.69) is 6.42 Å². The van der Waals surface area contributed by atoms with Crippen LogP contribution in [0.5, 0.6) is 0 Å². The third-order valence-corrected chi connectivity index (χ3v) is 5.82. The molecule has 0 fully saturated rings. The summed E-state index contributed by atoms with van der Waals surface area (Å²) < 4.78 is 0. The van der Waals surface area contributed by atoms with E-state index in [1.165, 1.54) is 0 Å². The molecule has 0 spiro atoms. The Kier molecular flexibility index (Phi) is 5.64. The Morgan fingerprint density at radius 2 is 0.958 bits per heavy atom. The lowest BCUT2D eigenvalue weighted by atomic mass is 10.00. The molecule has 0 nitrogen and oxygen atoms in total. The van der Waals surface area contributed by atoms with Crippen molar-refractivity contribution in [1.29, 1.82) is 0 Å². The molecule has 5 heteroatoms. The second-order valence-corrected chi connectivity index (χ2v) is 7.01. The van der Waals surface area contributed by atoms with Crippen molar-refractivity contribution in [3.63, 3.8) is 0 Å². The van der Waals surface area contributed by atoms with Gasteiger partial charge in [0.25, 0.3) is 0 Å².